The molecule has 15 heavy (non-hydrogen) atoms. The lowest BCUT2D eigenvalue weighted by Gasteiger charge is -2.40. The monoisotopic (exact) mass is 224 g/mol. The van der Waals surface area contributed by atoms with Gasteiger partial charge in [0.2, 0.25) is 0 Å². The Labute approximate surface area is 96.2 Å². The summed E-state index contributed by atoms with van der Waals surface area (Å²) in [6.45, 7) is 6.47. The van der Waals surface area contributed by atoms with Crippen molar-refractivity contribution in [2.75, 3.05) is 17.3 Å². The van der Waals surface area contributed by atoms with Gasteiger partial charge in [0.05, 0.1) is 16.4 Å². The number of nitrogens with one attached hydrogen (secondary N) is 1. The van der Waals surface area contributed by atoms with E-state index in [0.29, 0.717) is 12.1 Å². The van der Waals surface area contributed by atoms with Crippen LogP contribution in [0.5, 0.6) is 0 Å². The third-order valence-electron chi connectivity index (χ3n) is 3.30. The molecule has 3 heteroatoms. The highest BCUT2D eigenvalue weighted by Crippen LogP contribution is 2.39. The van der Waals surface area contributed by atoms with Crippen LogP contribution in [0.2, 0.25) is 5.02 Å². The highest BCUT2D eigenvalue weighted by atomic mass is 35.5. The molecule has 2 unspecified atom stereocenters. The molecule has 0 saturated carbocycles. The molecule has 1 heterocycles. The number of halogens is 1. The van der Waals surface area contributed by atoms with Crippen molar-refractivity contribution in [3.05, 3.63) is 22.7 Å². The maximum atomic E-state index is 6.24. The van der Waals surface area contributed by atoms with Gasteiger partial charge < -0.3 is 10.2 Å². The van der Waals surface area contributed by atoms with Crippen LogP contribution >= 0.6 is 11.6 Å². The Bertz CT molecular complexity index is 389. The summed E-state index contributed by atoms with van der Waals surface area (Å²) in [7, 11) is 2.12. The van der Waals surface area contributed by atoms with Crippen LogP contribution in [0.4, 0.5) is 11.4 Å². The number of aryl methyl sites for hydroxylation is 1. The van der Waals surface area contributed by atoms with E-state index in [1.807, 2.05) is 6.07 Å². The van der Waals surface area contributed by atoms with Crippen LogP contribution in [0.25, 0.3) is 0 Å². The molecule has 1 aliphatic heterocycles. The van der Waals surface area contributed by atoms with Gasteiger partial charge in [0, 0.05) is 19.1 Å². The average Bonchev–Trinajstić information content (AvgIpc) is 2.17. The SMILES string of the molecule is Cc1cc(Cl)c2c(c1)N(C)C(C)C(C)N2. The maximum Gasteiger partial charge on any atom is 0.0770 e. The number of rotatable bonds is 0. The average molecular weight is 225 g/mol. The van der Waals surface area contributed by atoms with Crippen LogP contribution in [0.1, 0.15) is 19.4 Å². The predicted octanol–water partition coefficient (Wildman–Crippen LogP) is 3.29. The van der Waals surface area contributed by atoms with E-state index in [1.54, 1.807) is 0 Å². The molecule has 1 aromatic rings. The molecule has 2 rings (SSSR count). The van der Waals surface area contributed by atoms with Crippen molar-refractivity contribution < 1.29 is 0 Å². The second kappa shape index (κ2) is 3.60. The zero-order valence-corrected chi connectivity index (χ0v) is 10.4. The van der Waals surface area contributed by atoms with Crippen molar-refractivity contribution in [2.45, 2.75) is 32.9 Å². The zero-order valence-electron chi connectivity index (χ0n) is 9.63. The Morgan fingerprint density at radius 3 is 2.67 bits per heavy atom. The molecule has 0 amide bonds. The molecule has 0 radical (unpaired) electrons. The van der Waals surface area contributed by atoms with E-state index in [2.05, 4.69) is 44.1 Å². The van der Waals surface area contributed by atoms with Gasteiger partial charge in [0.15, 0.2) is 0 Å². The third-order valence-corrected chi connectivity index (χ3v) is 3.60. The summed E-state index contributed by atoms with van der Waals surface area (Å²) in [5, 5.41) is 4.28. The van der Waals surface area contributed by atoms with Gasteiger partial charge in [-0.1, -0.05) is 11.6 Å². The number of fused-ring (bicyclic) bond motifs is 1. The molecular formula is C12H17ClN2. The van der Waals surface area contributed by atoms with Crippen molar-refractivity contribution in [3.63, 3.8) is 0 Å². The molecule has 2 atom stereocenters. The number of hydrogen-bond donors (Lipinski definition) is 1. The van der Waals surface area contributed by atoms with Gasteiger partial charge in [0.25, 0.3) is 0 Å². The minimum atomic E-state index is 0.419. The molecule has 0 aliphatic carbocycles. The summed E-state index contributed by atoms with van der Waals surface area (Å²) >= 11 is 6.24. The molecule has 0 saturated heterocycles. The lowest BCUT2D eigenvalue weighted by atomic mass is 10.0. The second-order valence-corrected chi connectivity index (χ2v) is 4.83. The predicted molar refractivity (Wildman–Crippen MR) is 67.1 cm³/mol. The van der Waals surface area contributed by atoms with Crippen LogP contribution in [-0.4, -0.2) is 19.1 Å². The molecular weight excluding hydrogens is 208 g/mol. The Morgan fingerprint density at radius 2 is 2.00 bits per heavy atom. The molecule has 82 valence electrons. The van der Waals surface area contributed by atoms with E-state index < -0.39 is 0 Å². The summed E-state index contributed by atoms with van der Waals surface area (Å²) in [4.78, 5) is 2.29. The van der Waals surface area contributed by atoms with Crippen LogP contribution in [0.15, 0.2) is 12.1 Å². The van der Waals surface area contributed by atoms with E-state index in [4.69, 9.17) is 11.6 Å². The lowest BCUT2D eigenvalue weighted by molar-refractivity contribution is 0.587. The van der Waals surface area contributed by atoms with Gasteiger partial charge in [-0.25, -0.2) is 0 Å². The van der Waals surface area contributed by atoms with E-state index >= 15 is 0 Å². The van der Waals surface area contributed by atoms with Crippen LogP contribution < -0.4 is 10.2 Å². The minimum Gasteiger partial charge on any atom is -0.378 e. The first-order chi connectivity index (χ1) is 7.00. The number of anilines is 2. The van der Waals surface area contributed by atoms with Gasteiger partial charge in [-0.2, -0.15) is 0 Å². The first-order valence-corrected chi connectivity index (χ1v) is 5.68. The maximum absolute atomic E-state index is 6.24. The molecule has 1 aliphatic rings. The quantitative estimate of drug-likeness (QED) is 0.728. The fourth-order valence-electron chi connectivity index (χ4n) is 2.05. The van der Waals surface area contributed by atoms with Crippen molar-refractivity contribution in [2.24, 2.45) is 0 Å². The lowest BCUT2D eigenvalue weighted by Crippen LogP contribution is -2.45. The highest BCUT2D eigenvalue weighted by molar-refractivity contribution is 6.34. The Kier molecular flexibility index (Phi) is 2.55. The topological polar surface area (TPSA) is 15.3 Å². The largest absolute Gasteiger partial charge is 0.378 e. The molecule has 1 aromatic carbocycles. The van der Waals surface area contributed by atoms with Crippen LogP contribution in [-0.2, 0) is 0 Å². The Morgan fingerprint density at radius 1 is 1.33 bits per heavy atom. The van der Waals surface area contributed by atoms with E-state index in [1.165, 1.54) is 11.3 Å². The first-order valence-electron chi connectivity index (χ1n) is 5.30. The standard InChI is InChI=1S/C12H17ClN2/c1-7-5-10(13)12-11(6-7)15(4)9(3)8(2)14-12/h5-6,8-9,14H,1-4H3. The summed E-state index contributed by atoms with van der Waals surface area (Å²) < 4.78 is 0. The molecule has 0 bridgehead atoms. The number of benzene rings is 1. The van der Waals surface area contributed by atoms with E-state index in [9.17, 15) is 0 Å². The summed E-state index contributed by atoms with van der Waals surface area (Å²) in [5.41, 5.74) is 3.47. The van der Waals surface area contributed by atoms with Crippen molar-refractivity contribution in [1.82, 2.24) is 0 Å². The van der Waals surface area contributed by atoms with E-state index in [0.717, 1.165) is 10.7 Å². The van der Waals surface area contributed by atoms with Gasteiger partial charge in [-0.3, -0.25) is 0 Å². The Hall–Kier alpha value is -0.890. The second-order valence-electron chi connectivity index (χ2n) is 4.43. The van der Waals surface area contributed by atoms with Gasteiger partial charge in [-0.15, -0.1) is 0 Å². The summed E-state index contributed by atoms with van der Waals surface area (Å²) in [5.74, 6) is 0. The minimum absolute atomic E-state index is 0.419. The van der Waals surface area contributed by atoms with Gasteiger partial charge in [0.1, 0.15) is 0 Å². The van der Waals surface area contributed by atoms with Gasteiger partial charge >= 0.3 is 0 Å². The van der Waals surface area contributed by atoms with E-state index in [-0.39, 0.29) is 0 Å². The molecule has 0 aromatic heterocycles. The number of nitrogens with zero attached hydrogens (tertiary/aromatic N) is 1. The smallest absolute Gasteiger partial charge is 0.0770 e. The van der Waals surface area contributed by atoms with Crippen molar-refractivity contribution >= 4 is 23.0 Å². The molecule has 2 nitrogen and oxygen atoms in total. The molecule has 1 N–H and O–H groups in total. The first kappa shape index (κ1) is 10.6. The Balaban J connectivity index is 2.55. The molecule has 0 fully saturated rings. The third kappa shape index (κ3) is 1.67. The number of hydrogen-bond acceptors (Lipinski definition) is 2. The van der Waals surface area contributed by atoms with Crippen molar-refractivity contribution in [3.8, 4) is 0 Å². The molecule has 0 spiro atoms. The fourth-order valence-corrected chi connectivity index (χ4v) is 2.37. The summed E-state index contributed by atoms with van der Waals surface area (Å²) in [6.07, 6.45) is 0. The van der Waals surface area contributed by atoms with Crippen LogP contribution in [0, 0.1) is 6.92 Å². The van der Waals surface area contributed by atoms with Gasteiger partial charge in [-0.05, 0) is 38.5 Å². The summed E-state index contributed by atoms with van der Waals surface area (Å²) in [6, 6.07) is 5.08. The zero-order chi connectivity index (χ0) is 11.2. The highest BCUT2D eigenvalue weighted by Gasteiger charge is 2.26. The van der Waals surface area contributed by atoms with Crippen molar-refractivity contribution in [1.29, 1.82) is 0 Å². The van der Waals surface area contributed by atoms with Crippen LogP contribution in [0.3, 0.4) is 0 Å². The normalized spacial score (nSPS) is 24.7. The number of likely N-dealkylation sites (N-methyl/N-ethyl adjacent to an activating group) is 1. The fraction of sp³-hybridized carbons (Fsp3) is 0.500.